The first-order chi connectivity index (χ1) is 12.8. The molecule has 0 N–H and O–H groups in total. The van der Waals surface area contributed by atoms with Crippen molar-refractivity contribution in [3.63, 3.8) is 0 Å². The highest BCUT2D eigenvalue weighted by Crippen LogP contribution is 2.27. The quantitative estimate of drug-likeness (QED) is 0.820. The summed E-state index contributed by atoms with van der Waals surface area (Å²) in [6.07, 6.45) is 2.06. The number of para-hydroxylation sites is 1. The van der Waals surface area contributed by atoms with E-state index in [1.165, 1.54) is 5.01 Å². The minimum Gasteiger partial charge on any atom is -0.341 e. The fraction of sp³-hybridized carbons (Fsp3) is 0.476. The SMILES string of the molecule is CC(C)(C)C1=NN(CC(=O)N2CCCC2)C(=O)c2cc3ccccc3n2C1. The molecule has 1 saturated heterocycles. The van der Waals surface area contributed by atoms with E-state index in [0.717, 1.165) is 42.5 Å². The van der Waals surface area contributed by atoms with E-state index >= 15 is 0 Å². The standard InChI is InChI=1S/C21H26N4O2/c1-21(2,3)18-13-24-16-9-5-4-8-15(16)12-17(24)20(27)25(22-18)14-19(26)23-10-6-7-11-23/h4-5,8-9,12H,6-7,10-11,13-14H2,1-3H3. The highest BCUT2D eigenvalue weighted by Gasteiger charge is 2.32. The van der Waals surface area contributed by atoms with Gasteiger partial charge in [-0.1, -0.05) is 39.0 Å². The van der Waals surface area contributed by atoms with Crippen molar-refractivity contribution in [2.45, 2.75) is 40.2 Å². The minimum atomic E-state index is -0.210. The van der Waals surface area contributed by atoms with Gasteiger partial charge in [-0.05, 0) is 25.0 Å². The van der Waals surface area contributed by atoms with Crippen LogP contribution in [0, 0.1) is 5.41 Å². The molecule has 6 heteroatoms. The van der Waals surface area contributed by atoms with Gasteiger partial charge in [0.15, 0.2) is 0 Å². The van der Waals surface area contributed by atoms with Gasteiger partial charge in [0.05, 0.1) is 12.3 Å². The monoisotopic (exact) mass is 366 g/mol. The van der Waals surface area contributed by atoms with Crippen LogP contribution >= 0.6 is 0 Å². The average molecular weight is 366 g/mol. The Labute approximate surface area is 159 Å². The van der Waals surface area contributed by atoms with E-state index in [4.69, 9.17) is 0 Å². The molecule has 1 fully saturated rings. The zero-order valence-corrected chi connectivity index (χ0v) is 16.2. The third-order valence-electron chi connectivity index (χ3n) is 5.42. The van der Waals surface area contributed by atoms with Crippen molar-refractivity contribution in [3.05, 3.63) is 36.0 Å². The number of carbonyl (C=O) groups is 2. The molecule has 2 amide bonds. The lowest BCUT2D eigenvalue weighted by Gasteiger charge is -2.24. The van der Waals surface area contributed by atoms with Gasteiger partial charge >= 0.3 is 0 Å². The van der Waals surface area contributed by atoms with Gasteiger partial charge < -0.3 is 9.47 Å². The molecule has 142 valence electrons. The van der Waals surface area contributed by atoms with Crippen LogP contribution in [-0.4, -0.2) is 51.6 Å². The number of amides is 2. The van der Waals surface area contributed by atoms with E-state index in [2.05, 4.69) is 25.9 Å². The largest absolute Gasteiger partial charge is 0.341 e. The third-order valence-corrected chi connectivity index (χ3v) is 5.42. The molecule has 1 aromatic carbocycles. The molecule has 2 aliphatic heterocycles. The first-order valence-electron chi connectivity index (χ1n) is 9.60. The molecule has 0 unspecified atom stereocenters. The number of fused-ring (bicyclic) bond motifs is 3. The van der Waals surface area contributed by atoms with E-state index in [-0.39, 0.29) is 23.8 Å². The average Bonchev–Trinajstić information content (AvgIpc) is 3.24. The molecule has 2 aromatic rings. The predicted molar refractivity (Wildman–Crippen MR) is 106 cm³/mol. The van der Waals surface area contributed by atoms with E-state index in [0.29, 0.717) is 12.2 Å². The second-order valence-electron chi connectivity index (χ2n) is 8.42. The smallest absolute Gasteiger partial charge is 0.291 e. The Hall–Kier alpha value is -2.63. The molecule has 0 radical (unpaired) electrons. The molecule has 0 bridgehead atoms. The molecule has 6 nitrogen and oxygen atoms in total. The van der Waals surface area contributed by atoms with Crippen LogP contribution in [0.25, 0.3) is 10.9 Å². The van der Waals surface area contributed by atoms with Gasteiger partial charge in [-0.25, -0.2) is 5.01 Å². The van der Waals surface area contributed by atoms with E-state index < -0.39 is 0 Å². The van der Waals surface area contributed by atoms with Crippen molar-refractivity contribution in [2.75, 3.05) is 19.6 Å². The zero-order valence-electron chi connectivity index (χ0n) is 16.2. The summed E-state index contributed by atoms with van der Waals surface area (Å²) >= 11 is 0. The lowest BCUT2D eigenvalue weighted by atomic mass is 9.90. The lowest BCUT2D eigenvalue weighted by Crippen LogP contribution is -2.40. The fourth-order valence-corrected chi connectivity index (χ4v) is 3.75. The predicted octanol–water partition coefficient (Wildman–Crippen LogP) is 3.12. The van der Waals surface area contributed by atoms with Crippen LogP contribution in [0.2, 0.25) is 0 Å². The van der Waals surface area contributed by atoms with Gasteiger partial charge in [-0.2, -0.15) is 5.10 Å². The van der Waals surface area contributed by atoms with Crippen molar-refractivity contribution in [1.29, 1.82) is 0 Å². The third kappa shape index (κ3) is 3.24. The molecule has 27 heavy (non-hydrogen) atoms. The maximum absolute atomic E-state index is 13.3. The second kappa shape index (κ2) is 6.51. The van der Waals surface area contributed by atoms with Crippen molar-refractivity contribution >= 4 is 28.4 Å². The van der Waals surface area contributed by atoms with Crippen LogP contribution < -0.4 is 0 Å². The Morgan fingerprint density at radius 2 is 1.85 bits per heavy atom. The highest BCUT2D eigenvalue weighted by molar-refractivity contribution is 6.03. The van der Waals surface area contributed by atoms with Gasteiger partial charge in [-0.3, -0.25) is 9.59 Å². The molecule has 0 saturated carbocycles. The molecular formula is C21H26N4O2. The lowest BCUT2D eigenvalue weighted by molar-refractivity contribution is -0.130. The molecule has 0 aliphatic carbocycles. The summed E-state index contributed by atoms with van der Waals surface area (Å²) in [6.45, 7) is 8.37. The summed E-state index contributed by atoms with van der Waals surface area (Å²) in [5, 5.41) is 7.07. The molecule has 2 aliphatic rings. The van der Waals surface area contributed by atoms with Crippen LogP contribution in [0.1, 0.15) is 44.1 Å². The van der Waals surface area contributed by atoms with E-state index in [9.17, 15) is 9.59 Å². The number of aromatic nitrogens is 1. The summed E-state index contributed by atoms with van der Waals surface area (Å²) in [5.41, 5.74) is 2.30. The van der Waals surface area contributed by atoms with Crippen molar-refractivity contribution in [1.82, 2.24) is 14.5 Å². The van der Waals surface area contributed by atoms with Crippen LogP contribution in [0.3, 0.4) is 0 Å². The number of hydrogen-bond donors (Lipinski definition) is 0. The summed E-state index contributed by atoms with van der Waals surface area (Å²) in [6, 6.07) is 9.90. The molecule has 1 aromatic heterocycles. The maximum Gasteiger partial charge on any atom is 0.291 e. The second-order valence-corrected chi connectivity index (χ2v) is 8.42. The number of hydrogen-bond acceptors (Lipinski definition) is 3. The van der Waals surface area contributed by atoms with Crippen LogP contribution in [0.15, 0.2) is 35.4 Å². The summed E-state index contributed by atoms with van der Waals surface area (Å²) in [5.74, 6) is -0.236. The van der Waals surface area contributed by atoms with Crippen molar-refractivity contribution in [3.8, 4) is 0 Å². The number of rotatable bonds is 2. The Bertz CT molecular complexity index is 929. The number of hydrazone groups is 1. The van der Waals surface area contributed by atoms with Gasteiger partial charge in [0.25, 0.3) is 5.91 Å². The van der Waals surface area contributed by atoms with E-state index in [1.807, 2.05) is 39.8 Å². The summed E-state index contributed by atoms with van der Waals surface area (Å²) in [4.78, 5) is 27.8. The highest BCUT2D eigenvalue weighted by atomic mass is 16.2. The van der Waals surface area contributed by atoms with E-state index in [1.54, 1.807) is 0 Å². The Morgan fingerprint density at radius 3 is 2.56 bits per heavy atom. The summed E-state index contributed by atoms with van der Waals surface area (Å²) < 4.78 is 2.03. The Kier molecular flexibility index (Phi) is 4.29. The zero-order chi connectivity index (χ0) is 19.2. The summed E-state index contributed by atoms with van der Waals surface area (Å²) in [7, 11) is 0. The van der Waals surface area contributed by atoms with Gasteiger partial charge in [0, 0.05) is 29.4 Å². The normalized spacial score (nSPS) is 17.9. The molecule has 0 spiro atoms. The molecule has 3 heterocycles. The molecule has 0 atom stereocenters. The van der Waals surface area contributed by atoms with Crippen LogP contribution in [-0.2, 0) is 11.3 Å². The fourth-order valence-electron chi connectivity index (χ4n) is 3.75. The topological polar surface area (TPSA) is 57.9 Å². The number of likely N-dealkylation sites (tertiary alicyclic amines) is 1. The Balaban J connectivity index is 1.75. The van der Waals surface area contributed by atoms with Gasteiger partial charge in [-0.15, -0.1) is 0 Å². The first kappa shape index (κ1) is 17.8. The number of carbonyl (C=O) groups excluding carboxylic acids is 2. The number of benzene rings is 1. The van der Waals surface area contributed by atoms with Crippen LogP contribution in [0.5, 0.6) is 0 Å². The first-order valence-corrected chi connectivity index (χ1v) is 9.60. The van der Waals surface area contributed by atoms with Crippen LogP contribution in [0.4, 0.5) is 0 Å². The van der Waals surface area contributed by atoms with Gasteiger partial charge in [0.1, 0.15) is 12.2 Å². The molecular weight excluding hydrogens is 340 g/mol. The van der Waals surface area contributed by atoms with Gasteiger partial charge in [0.2, 0.25) is 5.91 Å². The molecule has 4 rings (SSSR count). The Morgan fingerprint density at radius 1 is 1.15 bits per heavy atom. The van der Waals surface area contributed by atoms with Crippen molar-refractivity contribution in [2.24, 2.45) is 10.5 Å². The van der Waals surface area contributed by atoms with Crippen molar-refractivity contribution < 1.29 is 9.59 Å². The maximum atomic E-state index is 13.3. The minimum absolute atomic E-state index is 0.0000609. The number of nitrogens with zero attached hydrogens (tertiary/aromatic N) is 4.